The molecule has 1 saturated heterocycles. The van der Waals surface area contributed by atoms with Crippen LogP contribution in [0.15, 0.2) is 36.5 Å². The second kappa shape index (κ2) is 9.90. The second-order valence-corrected chi connectivity index (χ2v) is 8.70. The summed E-state index contributed by atoms with van der Waals surface area (Å²) in [6.45, 7) is 3.36. The molecule has 0 unspecified atom stereocenters. The zero-order valence-corrected chi connectivity index (χ0v) is 19.1. The molecular formula is C25H28FN5O3. The molecule has 2 aliphatic rings. The number of hydrogen-bond acceptors (Lipinski definition) is 7. The highest BCUT2D eigenvalue weighted by Gasteiger charge is 2.21. The molecule has 2 aromatic heterocycles. The topological polar surface area (TPSA) is 88.6 Å². The molecule has 34 heavy (non-hydrogen) atoms. The van der Waals surface area contributed by atoms with E-state index >= 15 is 0 Å². The van der Waals surface area contributed by atoms with Crippen LogP contribution in [0.4, 0.5) is 10.2 Å². The van der Waals surface area contributed by atoms with Gasteiger partial charge in [0, 0.05) is 30.1 Å². The van der Waals surface area contributed by atoms with Crippen LogP contribution in [0.3, 0.4) is 0 Å². The summed E-state index contributed by atoms with van der Waals surface area (Å²) >= 11 is 0. The van der Waals surface area contributed by atoms with Crippen LogP contribution >= 0.6 is 0 Å². The Morgan fingerprint density at radius 1 is 1.26 bits per heavy atom. The average Bonchev–Trinajstić information content (AvgIpc) is 2.87. The Balaban J connectivity index is 1.13. The number of pyridine rings is 2. The molecule has 9 heteroatoms. The first kappa shape index (κ1) is 22.5. The standard InChI is InChI=1S/C25H28FN5O3/c1-33-18-3-4-22-20(12-18)19(21(26)14-28-22)8-11-31-9-6-16(7-10-31)27-13-17-2-5-23-25(29-17)30-24(32)15-34-23/h2-5,12,14,16,27H,6-11,13,15H2,1H3,(H,29,30,32). The number of rotatable bonds is 7. The Hall–Kier alpha value is -3.30. The predicted molar refractivity (Wildman–Crippen MR) is 127 cm³/mol. The van der Waals surface area contributed by atoms with Gasteiger partial charge < -0.3 is 25.0 Å². The van der Waals surface area contributed by atoms with Gasteiger partial charge in [-0.3, -0.25) is 9.78 Å². The zero-order valence-electron chi connectivity index (χ0n) is 19.1. The predicted octanol–water partition coefficient (Wildman–Crippen LogP) is 2.91. The number of aromatic nitrogens is 2. The number of carbonyl (C=O) groups is 1. The lowest BCUT2D eigenvalue weighted by Gasteiger charge is -2.32. The Labute approximate surface area is 197 Å². The average molecular weight is 466 g/mol. The van der Waals surface area contributed by atoms with E-state index in [9.17, 15) is 9.18 Å². The molecule has 0 aliphatic carbocycles. The van der Waals surface area contributed by atoms with Crippen molar-refractivity contribution in [1.29, 1.82) is 0 Å². The number of benzene rings is 1. The molecule has 2 aliphatic heterocycles. The summed E-state index contributed by atoms with van der Waals surface area (Å²) in [7, 11) is 1.61. The molecule has 0 radical (unpaired) electrons. The van der Waals surface area contributed by atoms with Crippen LogP contribution < -0.4 is 20.1 Å². The lowest BCUT2D eigenvalue weighted by Crippen LogP contribution is -2.43. The minimum Gasteiger partial charge on any atom is -0.497 e. The van der Waals surface area contributed by atoms with Crippen LogP contribution in [0.1, 0.15) is 24.1 Å². The fourth-order valence-electron chi connectivity index (χ4n) is 4.57. The fourth-order valence-corrected chi connectivity index (χ4v) is 4.57. The van der Waals surface area contributed by atoms with Crippen molar-refractivity contribution in [3.63, 3.8) is 0 Å². The van der Waals surface area contributed by atoms with E-state index in [-0.39, 0.29) is 18.3 Å². The van der Waals surface area contributed by atoms with Gasteiger partial charge in [0.1, 0.15) is 11.6 Å². The summed E-state index contributed by atoms with van der Waals surface area (Å²) in [6, 6.07) is 9.73. The summed E-state index contributed by atoms with van der Waals surface area (Å²) < 4.78 is 25.3. The van der Waals surface area contributed by atoms with Crippen LogP contribution in [0, 0.1) is 5.82 Å². The van der Waals surface area contributed by atoms with E-state index in [4.69, 9.17) is 9.47 Å². The summed E-state index contributed by atoms with van der Waals surface area (Å²) in [5.41, 5.74) is 2.34. The van der Waals surface area contributed by atoms with Gasteiger partial charge >= 0.3 is 0 Å². The number of halogens is 1. The van der Waals surface area contributed by atoms with Crippen molar-refractivity contribution < 1.29 is 18.7 Å². The molecule has 4 heterocycles. The largest absolute Gasteiger partial charge is 0.497 e. The monoisotopic (exact) mass is 465 g/mol. The molecule has 3 aromatic rings. The van der Waals surface area contributed by atoms with Crippen LogP contribution in [-0.4, -0.2) is 60.2 Å². The van der Waals surface area contributed by atoms with Crippen molar-refractivity contribution in [3.8, 4) is 11.5 Å². The van der Waals surface area contributed by atoms with Crippen molar-refractivity contribution in [2.24, 2.45) is 0 Å². The van der Waals surface area contributed by atoms with E-state index in [1.807, 2.05) is 30.3 Å². The van der Waals surface area contributed by atoms with Crippen molar-refractivity contribution in [2.75, 3.05) is 38.7 Å². The first-order valence-electron chi connectivity index (χ1n) is 11.6. The van der Waals surface area contributed by atoms with Gasteiger partial charge in [-0.1, -0.05) is 0 Å². The number of hydrogen-bond donors (Lipinski definition) is 2. The van der Waals surface area contributed by atoms with Gasteiger partial charge in [0.2, 0.25) is 0 Å². The number of nitrogens with one attached hydrogen (secondary N) is 2. The van der Waals surface area contributed by atoms with Gasteiger partial charge in [-0.25, -0.2) is 9.37 Å². The van der Waals surface area contributed by atoms with Crippen molar-refractivity contribution in [1.82, 2.24) is 20.2 Å². The third-order valence-corrected chi connectivity index (χ3v) is 6.50. The molecule has 1 amide bonds. The summed E-state index contributed by atoms with van der Waals surface area (Å²) in [5.74, 6) is 1.34. The van der Waals surface area contributed by atoms with E-state index in [2.05, 4.69) is 25.5 Å². The highest BCUT2D eigenvalue weighted by Crippen LogP contribution is 2.26. The number of piperidine rings is 1. The summed E-state index contributed by atoms with van der Waals surface area (Å²) in [6.07, 6.45) is 3.96. The lowest BCUT2D eigenvalue weighted by molar-refractivity contribution is -0.118. The van der Waals surface area contributed by atoms with Gasteiger partial charge in [0.05, 0.1) is 24.5 Å². The normalized spacial score (nSPS) is 16.7. The van der Waals surface area contributed by atoms with E-state index in [0.29, 0.717) is 41.9 Å². The maximum Gasteiger partial charge on any atom is 0.263 e. The number of anilines is 1. The van der Waals surface area contributed by atoms with E-state index in [0.717, 1.165) is 49.1 Å². The van der Waals surface area contributed by atoms with Gasteiger partial charge in [-0.2, -0.15) is 0 Å². The number of nitrogens with zero attached hydrogens (tertiary/aromatic N) is 3. The van der Waals surface area contributed by atoms with E-state index < -0.39 is 0 Å². The molecule has 2 N–H and O–H groups in total. The fraction of sp³-hybridized carbons (Fsp3) is 0.400. The molecule has 1 fully saturated rings. The number of methoxy groups -OCH3 is 1. The second-order valence-electron chi connectivity index (χ2n) is 8.70. The van der Waals surface area contributed by atoms with Crippen molar-refractivity contribution >= 4 is 22.6 Å². The number of carbonyl (C=O) groups excluding carboxylic acids is 1. The van der Waals surface area contributed by atoms with Crippen molar-refractivity contribution in [2.45, 2.75) is 31.8 Å². The van der Waals surface area contributed by atoms with E-state index in [1.165, 1.54) is 6.20 Å². The SMILES string of the molecule is COc1ccc2ncc(F)c(CCN3CCC(NCc4ccc5c(n4)NC(=O)CO5)CC3)c2c1. The first-order chi connectivity index (χ1) is 16.6. The maximum atomic E-state index is 14.6. The van der Waals surface area contributed by atoms with Crippen LogP contribution in [0.5, 0.6) is 11.5 Å². The summed E-state index contributed by atoms with van der Waals surface area (Å²) in [5, 5.41) is 7.13. The third-order valence-electron chi connectivity index (χ3n) is 6.50. The maximum absolute atomic E-state index is 14.6. The first-order valence-corrected chi connectivity index (χ1v) is 11.6. The van der Waals surface area contributed by atoms with Gasteiger partial charge in [0.25, 0.3) is 5.91 Å². The molecule has 0 saturated carbocycles. The number of ether oxygens (including phenoxy) is 2. The Morgan fingerprint density at radius 2 is 2.12 bits per heavy atom. The van der Waals surface area contributed by atoms with Crippen LogP contribution in [0.2, 0.25) is 0 Å². The molecule has 5 rings (SSSR count). The molecule has 8 nitrogen and oxygen atoms in total. The molecule has 1 aromatic carbocycles. The van der Waals surface area contributed by atoms with Crippen molar-refractivity contribution in [3.05, 3.63) is 53.6 Å². The van der Waals surface area contributed by atoms with Gasteiger partial charge in [-0.05, 0) is 62.7 Å². The molecule has 0 bridgehead atoms. The lowest BCUT2D eigenvalue weighted by atomic mass is 10.0. The minimum absolute atomic E-state index is 0.0308. The van der Waals surface area contributed by atoms with Crippen LogP contribution in [-0.2, 0) is 17.8 Å². The Morgan fingerprint density at radius 3 is 2.94 bits per heavy atom. The number of likely N-dealkylation sites (tertiary alicyclic amines) is 1. The molecule has 178 valence electrons. The zero-order chi connectivity index (χ0) is 23.5. The van der Waals surface area contributed by atoms with Crippen LogP contribution in [0.25, 0.3) is 10.9 Å². The van der Waals surface area contributed by atoms with Gasteiger partial charge in [-0.15, -0.1) is 0 Å². The number of amides is 1. The highest BCUT2D eigenvalue weighted by molar-refractivity contribution is 5.94. The quantitative estimate of drug-likeness (QED) is 0.555. The third kappa shape index (κ3) is 4.95. The highest BCUT2D eigenvalue weighted by atomic mass is 19.1. The smallest absolute Gasteiger partial charge is 0.263 e. The molecule has 0 atom stereocenters. The van der Waals surface area contributed by atoms with Gasteiger partial charge in [0.15, 0.2) is 18.2 Å². The Bertz CT molecular complexity index is 1200. The van der Waals surface area contributed by atoms with E-state index in [1.54, 1.807) is 7.11 Å². The minimum atomic E-state index is -0.267. The Kier molecular flexibility index (Phi) is 6.55. The molecular weight excluding hydrogens is 437 g/mol. The number of fused-ring (bicyclic) bond motifs is 2. The summed E-state index contributed by atoms with van der Waals surface area (Å²) in [4.78, 5) is 22.6. The molecule has 0 spiro atoms.